The second kappa shape index (κ2) is 5.72. The summed E-state index contributed by atoms with van der Waals surface area (Å²) in [5, 5.41) is 0. The first kappa shape index (κ1) is 12.0. The van der Waals surface area contributed by atoms with Crippen LogP contribution in [-0.4, -0.2) is 47.8 Å². The third-order valence-electron chi connectivity index (χ3n) is 2.78. The molecule has 0 saturated carbocycles. The number of aryl methyl sites for hydroxylation is 1. The van der Waals surface area contributed by atoms with Crippen molar-refractivity contribution in [3.63, 3.8) is 0 Å². The SMILES string of the molecule is CN1C=CN(CCOCCn2cc[n+](C)c2)C1. The molecule has 0 fully saturated rings. The standard InChI is InChI=1S/C12H21N4O/c1-13-3-5-15(11-13)7-9-17-10-8-16-6-4-14(2)12-16/h3-6,11H,7-10,12H2,1-2H3/q+1. The number of hydrogen-bond donors (Lipinski definition) is 0. The molecule has 0 aliphatic carbocycles. The van der Waals surface area contributed by atoms with Crippen LogP contribution in [0, 0.1) is 0 Å². The topological polar surface area (TPSA) is 24.5 Å². The van der Waals surface area contributed by atoms with Gasteiger partial charge in [-0.3, -0.25) is 0 Å². The van der Waals surface area contributed by atoms with E-state index in [0.717, 1.165) is 33.0 Å². The van der Waals surface area contributed by atoms with Crippen LogP contribution >= 0.6 is 0 Å². The van der Waals surface area contributed by atoms with Gasteiger partial charge in [0.05, 0.1) is 26.9 Å². The van der Waals surface area contributed by atoms with E-state index in [0.29, 0.717) is 0 Å². The molecule has 0 unspecified atom stereocenters. The molecule has 0 bridgehead atoms. The van der Waals surface area contributed by atoms with E-state index in [1.54, 1.807) is 0 Å². The van der Waals surface area contributed by atoms with E-state index in [1.807, 2.05) is 17.8 Å². The Bertz CT molecular complexity index is 374. The molecular weight excluding hydrogens is 216 g/mol. The molecule has 1 aliphatic heterocycles. The van der Waals surface area contributed by atoms with Gasteiger partial charge in [0.1, 0.15) is 18.9 Å². The Balaban J connectivity index is 1.53. The summed E-state index contributed by atoms with van der Waals surface area (Å²) >= 11 is 0. The van der Waals surface area contributed by atoms with Crippen molar-refractivity contribution in [2.24, 2.45) is 7.05 Å². The molecule has 0 aromatic carbocycles. The largest absolute Gasteiger partial charge is 0.376 e. The maximum absolute atomic E-state index is 5.62. The zero-order chi connectivity index (χ0) is 12.1. The van der Waals surface area contributed by atoms with Crippen LogP contribution < -0.4 is 4.57 Å². The maximum atomic E-state index is 5.62. The highest BCUT2D eigenvalue weighted by Crippen LogP contribution is 2.02. The van der Waals surface area contributed by atoms with Crippen molar-refractivity contribution in [1.82, 2.24) is 14.4 Å². The Kier molecular flexibility index (Phi) is 4.03. The lowest BCUT2D eigenvalue weighted by Gasteiger charge is -2.17. The minimum atomic E-state index is 0.766. The molecule has 2 heterocycles. The molecular formula is C12H21N4O+. The molecule has 17 heavy (non-hydrogen) atoms. The summed E-state index contributed by atoms with van der Waals surface area (Å²) in [6.45, 7) is 4.39. The lowest BCUT2D eigenvalue weighted by Crippen LogP contribution is -2.26. The molecule has 0 radical (unpaired) electrons. The van der Waals surface area contributed by atoms with E-state index in [1.165, 1.54) is 0 Å². The van der Waals surface area contributed by atoms with Gasteiger partial charge in [-0.05, 0) is 0 Å². The van der Waals surface area contributed by atoms with Crippen LogP contribution in [0.25, 0.3) is 0 Å². The van der Waals surface area contributed by atoms with E-state index in [-0.39, 0.29) is 0 Å². The van der Waals surface area contributed by atoms with Crippen molar-refractivity contribution in [2.45, 2.75) is 6.54 Å². The highest BCUT2D eigenvalue weighted by Gasteiger charge is 2.07. The molecule has 0 saturated heterocycles. The zero-order valence-electron chi connectivity index (χ0n) is 10.6. The van der Waals surface area contributed by atoms with Gasteiger partial charge in [-0.15, -0.1) is 0 Å². The van der Waals surface area contributed by atoms with Gasteiger partial charge in [0, 0.05) is 26.0 Å². The minimum absolute atomic E-state index is 0.766. The first-order chi connectivity index (χ1) is 8.24. The van der Waals surface area contributed by atoms with Crippen molar-refractivity contribution in [1.29, 1.82) is 0 Å². The third kappa shape index (κ3) is 3.78. The summed E-state index contributed by atoms with van der Waals surface area (Å²) in [5.74, 6) is 0. The maximum Gasteiger partial charge on any atom is 0.243 e. The monoisotopic (exact) mass is 237 g/mol. The Morgan fingerprint density at radius 1 is 1.24 bits per heavy atom. The Morgan fingerprint density at radius 2 is 2.06 bits per heavy atom. The van der Waals surface area contributed by atoms with Crippen LogP contribution in [0.4, 0.5) is 0 Å². The summed E-state index contributed by atoms with van der Waals surface area (Å²) in [6, 6.07) is 0. The molecule has 94 valence electrons. The van der Waals surface area contributed by atoms with E-state index >= 15 is 0 Å². The van der Waals surface area contributed by atoms with Gasteiger partial charge in [0.2, 0.25) is 6.33 Å². The zero-order valence-corrected chi connectivity index (χ0v) is 10.6. The number of imidazole rings is 1. The fraction of sp³-hybridized carbons (Fsp3) is 0.583. The van der Waals surface area contributed by atoms with Crippen LogP contribution in [0.15, 0.2) is 31.1 Å². The quantitative estimate of drug-likeness (QED) is 0.514. The first-order valence-electron chi connectivity index (χ1n) is 5.95. The fourth-order valence-electron chi connectivity index (χ4n) is 1.82. The molecule has 5 heteroatoms. The number of rotatable bonds is 6. The van der Waals surface area contributed by atoms with E-state index < -0.39 is 0 Å². The lowest BCUT2D eigenvalue weighted by atomic mass is 10.6. The van der Waals surface area contributed by atoms with Crippen LogP contribution in [0.5, 0.6) is 0 Å². The predicted octanol–water partition coefficient (Wildman–Crippen LogP) is 0.00530. The molecule has 0 spiro atoms. The van der Waals surface area contributed by atoms with E-state index in [9.17, 15) is 0 Å². The number of nitrogens with zero attached hydrogens (tertiary/aromatic N) is 4. The normalized spacial score (nSPS) is 14.9. The van der Waals surface area contributed by atoms with Crippen molar-refractivity contribution < 1.29 is 9.30 Å². The average molecular weight is 237 g/mol. The molecule has 2 rings (SSSR count). The van der Waals surface area contributed by atoms with Crippen LogP contribution in [0.3, 0.4) is 0 Å². The van der Waals surface area contributed by atoms with Gasteiger partial charge in [0.25, 0.3) is 0 Å². The van der Waals surface area contributed by atoms with Crippen LogP contribution in [0.2, 0.25) is 0 Å². The summed E-state index contributed by atoms with van der Waals surface area (Å²) < 4.78 is 9.78. The molecule has 0 amide bonds. The number of hydrogen-bond acceptors (Lipinski definition) is 3. The second-order valence-electron chi connectivity index (χ2n) is 4.44. The van der Waals surface area contributed by atoms with Crippen molar-refractivity contribution in [3.05, 3.63) is 31.1 Å². The van der Waals surface area contributed by atoms with Crippen LogP contribution in [-0.2, 0) is 18.3 Å². The van der Waals surface area contributed by atoms with Crippen molar-refractivity contribution in [2.75, 3.05) is 33.5 Å². The highest BCUT2D eigenvalue weighted by molar-refractivity contribution is 4.88. The van der Waals surface area contributed by atoms with Crippen molar-refractivity contribution in [3.8, 4) is 0 Å². The fourth-order valence-corrected chi connectivity index (χ4v) is 1.82. The van der Waals surface area contributed by atoms with Gasteiger partial charge < -0.3 is 14.5 Å². The Hall–Kier alpha value is -1.49. The van der Waals surface area contributed by atoms with Crippen LogP contribution in [0.1, 0.15) is 0 Å². The number of aromatic nitrogens is 2. The molecule has 1 aliphatic rings. The number of ether oxygens (including phenoxy) is 1. The second-order valence-corrected chi connectivity index (χ2v) is 4.44. The summed E-state index contributed by atoms with van der Waals surface area (Å²) in [6.07, 6.45) is 10.3. The smallest absolute Gasteiger partial charge is 0.243 e. The predicted molar refractivity (Wildman–Crippen MR) is 64.9 cm³/mol. The summed E-state index contributed by atoms with van der Waals surface area (Å²) in [4.78, 5) is 4.40. The van der Waals surface area contributed by atoms with Gasteiger partial charge in [-0.1, -0.05) is 0 Å². The van der Waals surface area contributed by atoms with E-state index in [2.05, 4.69) is 46.3 Å². The molecule has 0 N–H and O–H groups in total. The molecule has 1 aromatic heterocycles. The Morgan fingerprint density at radius 3 is 2.71 bits per heavy atom. The van der Waals surface area contributed by atoms with Gasteiger partial charge in [0.15, 0.2) is 0 Å². The van der Waals surface area contributed by atoms with Gasteiger partial charge in [-0.2, -0.15) is 0 Å². The van der Waals surface area contributed by atoms with Gasteiger partial charge in [-0.25, -0.2) is 9.13 Å². The summed E-state index contributed by atoms with van der Waals surface area (Å²) in [7, 11) is 4.09. The third-order valence-corrected chi connectivity index (χ3v) is 2.78. The first-order valence-corrected chi connectivity index (χ1v) is 5.95. The minimum Gasteiger partial charge on any atom is -0.376 e. The summed E-state index contributed by atoms with van der Waals surface area (Å²) in [5.41, 5.74) is 0. The molecule has 0 atom stereocenters. The molecule has 5 nitrogen and oxygen atoms in total. The van der Waals surface area contributed by atoms with E-state index in [4.69, 9.17) is 4.74 Å². The average Bonchev–Trinajstić information content (AvgIpc) is 2.88. The lowest BCUT2D eigenvalue weighted by molar-refractivity contribution is -0.671. The van der Waals surface area contributed by atoms with Crippen molar-refractivity contribution >= 4 is 0 Å². The molecule has 1 aromatic rings. The Labute approximate surface area is 103 Å². The van der Waals surface area contributed by atoms with Gasteiger partial charge >= 0.3 is 0 Å². The highest BCUT2D eigenvalue weighted by atomic mass is 16.5.